The minimum atomic E-state index is -1.08. The van der Waals surface area contributed by atoms with Crippen molar-refractivity contribution in [3.05, 3.63) is 58.2 Å². The fourth-order valence-electron chi connectivity index (χ4n) is 3.77. The lowest BCUT2D eigenvalue weighted by molar-refractivity contribution is -0.114. The van der Waals surface area contributed by atoms with Gasteiger partial charge in [0.05, 0.1) is 25.9 Å². The van der Waals surface area contributed by atoms with Crippen LogP contribution in [0.4, 0.5) is 0 Å². The molecular formula is C29H44O5. The second-order valence-electron chi connectivity index (χ2n) is 9.82. The van der Waals surface area contributed by atoms with E-state index in [1.54, 1.807) is 34.1 Å². The van der Waals surface area contributed by atoms with E-state index in [1.807, 2.05) is 39.8 Å². The molecule has 1 aromatic carbocycles. The highest BCUT2D eigenvalue weighted by Crippen LogP contribution is 2.29. The maximum absolute atomic E-state index is 12.5. The van der Waals surface area contributed by atoms with Gasteiger partial charge >= 0.3 is 0 Å². The number of hydrogen-bond acceptors (Lipinski definition) is 5. The third-order valence-corrected chi connectivity index (χ3v) is 5.95. The molecule has 1 atom stereocenters. The molecular weight excluding hydrogens is 428 g/mol. The summed E-state index contributed by atoms with van der Waals surface area (Å²) < 4.78 is 10.9. The van der Waals surface area contributed by atoms with E-state index in [4.69, 9.17) is 9.47 Å². The predicted octanol–water partition coefficient (Wildman–Crippen LogP) is 6.05. The molecule has 1 aromatic rings. The van der Waals surface area contributed by atoms with Crippen LogP contribution < -0.4 is 9.47 Å². The standard InChI is InChI=1S/C29H44O5/c1-20(13-15-27(31)29(5,6)32)10-9-11-21(2)16-25(30)17-22(3)12-14-24-19-26(33-7)18-23(4)28(24)34-8/h10,12,16,18-19,27,31-32H,9,11,13-15,17H2,1-8H3/b20-10+,21-16+,22-12+. The Bertz CT molecular complexity index is 900. The molecule has 0 bridgehead atoms. The van der Waals surface area contributed by atoms with Crippen LogP contribution in [0.2, 0.25) is 0 Å². The number of carbonyl (C=O) groups excluding carboxylic acids is 1. The molecule has 34 heavy (non-hydrogen) atoms. The van der Waals surface area contributed by atoms with Gasteiger partial charge in [0.2, 0.25) is 0 Å². The number of ketones is 1. The SMILES string of the molecule is COc1cc(C)c(OC)c(C/C=C(\C)CC(=O)/C=C(\C)CC/C=C(\C)CCC(O)C(C)(C)O)c1. The molecule has 1 rings (SSSR count). The van der Waals surface area contributed by atoms with Gasteiger partial charge in [-0.15, -0.1) is 0 Å². The second-order valence-corrected chi connectivity index (χ2v) is 9.82. The van der Waals surface area contributed by atoms with E-state index >= 15 is 0 Å². The van der Waals surface area contributed by atoms with Gasteiger partial charge in [0.15, 0.2) is 5.78 Å². The van der Waals surface area contributed by atoms with Crippen LogP contribution in [-0.4, -0.2) is 41.9 Å². The largest absolute Gasteiger partial charge is 0.497 e. The van der Waals surface area contributed by atoms with Crippen molar-refractivity contribution >= 4 is 5.78 Å². The zero-order chi connectivity index (χ0) is 25.9. The normalized spacial score (nSPS) is 14.2. The van der Waals surface area contributed by atoms with Crippen LogP contribution in [0.15, 0.2) is 47.1 Å². The number of methoxy groups -OCH3 is 2. The molecule has 190 valence electrons. The van der Waals surface area contributed by atoms with Gasteiger partial charge in [-0.05, 0) is 97.4 Å². The molecule has 0 aliphatic rings. The van der Waals surface area contributed by atoms with Gasteiger partial charge in [0.25, 0.3) is 0 Å². The number of hydrogen-bond donors (Lipinski definition) is 2. The molecule has 0 fully saturated rings. The molecule has 2 N–H and O–H groups in total. The predicted molar refractivity (Wildman–Crippen MR) is 140 cm³/mol. The van der Waals surface area contributed by atoms with Crippen LogP contribution in [0.25, 0.3) is 0 Å². The average molecular weight is 473 g/mol. The summed E-state index contributed by atoms with van der Waals surface area (Å²) in [5, 5.41) is 19.8. The fraction of sp³-hybridized carbons (Fsp3) is 0.552. The van der Waals surface area contributed by atoms with Gasteiger partial charge in [-0.25, -0.2) is 0 Å². The molecule has 5 nitrogen and oxygen atoms in total. The minimum Gasteiger partial charge on any atom is -0.497 e. The van der Waals surface area contributed by atoms with E-state index < -0.39 is 11.7 Å². The number of benzene rings is 1. The van der Waals surface area contributed by atoms with Crippen molar-refractivity contribution in [2.24, 2.45) is 0 Å². The molecule has 0 heterocycles. The summed E-state index contributed by atoms with van der Waals surface area (Å²) in [6.07, 6.45) is 9.25. The number of ether oxygens (including phenoxy) is 2. The molecule has 0 saturated carbocycles. The van der Waals surface area contributed by atoms with Gasteiger partial charge in [0, 0.05) is 12.0 Å². The van der Waals surface area contributed by atoms with Gasteiger partial charge in [-0.3, -0.25) is 4.79 Å². The molecule has 0 radical (unpaired) electrons. The highest BCUT2D eigenvalue weighted by molar-refractivity contribution is 5.91. The first-order valence-electron chi connectivity index (χ1n) is 12.0. The Balaban J connectivity index is 2.59. The lowest BCUT2D eigenvalue weighted by atomic mass is 9.95. The molecule has 0 saturated heterocycles. The van der Waals surface area contributed by atoms with E-state index in [0.717, 1.165) is 53.0 Å². The Kier molecular flexibility index (Phi) is 12.3. The monoisotopic (exact) mass is 472 g/mol. The quantitative estimate of drug-likeness (QED) is 0.255. The second kappa shape index (κ2) is 14.1. The number of aryl methyl sites for hydroxylation is 1. The van der Waals surface area contributed by atoms with E-state index in [0.29, 0.717) is 19.3 Å². The first-order valence-corrected chi connectivity index (χ1v) is 12.0. The lowest BCUT2D eigenvalue weighted by Gasteiger charge is -2.24. The summed E-state index contributed by atoms with van der Waals surface area (Å²) >= 11 is 0. The minimum absolute atomic E-state index is 0.106. The van der Waals surface area contributed by atoms with Gasteiger partial charge in [-0.2, -0.15) is 0 Å². The van der Waals surface area contributed by atoms with Crippen LogP contribution in [0.3, 0.4) is 0 Å². The Morgan fingerprint density at radius 1 is 1.03 bits per heavy atom. The summed E-state index contributed by atoms with van der Waals surface area (Å²) in [5.74, 6) is 1.76. The number of aliphatic hydroxyl groups is 2. The highest BCUT2D eigenvalue weighted by atomic mass is 16.5. The van der Waals surface area contributed by atoms with Crippen molar-refractivity contribution < 1.29 is 24.5 Å². The van der Waals surface area contributed by atoms with E-state index in [9.17, 15) is 15.0 Å². The van der Waals surface area contributed by atoms with Crippen molar-refractivity contribution in [3.63, 3.8) is 0 Å². The molecule has 0 aliphatic carbocycles. The number of rotatable bonds is 14. The Morgan fingerprint density at radius 3 is 2.29 bits per heavy atom. The van der Waals surface area contributed by atoms with E-state index in [1.165, 1.54) is 5.57 Å². The third kappa shape index (κ3) is 10.7. The molecule has 0 spiro atoms. The molecule has 0 aromatic heterocycles. The van der Waals surface area contributed by atoms with Crippen LogP contribution in [0, 0.1) is 6.92 Å². The molecule has 0 aliphatic heterocycles. The lowest BCUT2D eigenvalue weighted by Crippen LogP contribution is -2.35. The zero-order valence-corrected chi connectivity index (χ0v) is 22.3. The molecule has 5 heteroatoms. The first-order chi connectivity index (χ1) is 15.9. The van der Waals surface area contributed by atoms with Crippen LogP contribution in [0.5, 0.6) is 11.5 Å². The maximum Gasteiger partial charge on any atom is 0.159 e. The Labute approximate surface area is 206 Å². The molecule has 1 unspecified atom stereocenters. The summed E-state index contributed by atoms with van der Waals surface area (Å²) in [6.45, 7) is 11.2. The number of allylic oxidation sites excluding steroid dienone is 6. The Hall–Kier alpha value is -2.37. The fourth-order valence-corrected chi connectivity index (χ4v) is 3.77. The summed E-state index contributed by atoms with van der Waals surface area (Å²) in [6, 6.07) is 3.92. The van der Waals surface area contributed by atoms with Crippen molar-refractivity contribution in [2.45, 2.75) is 91.8 Å². The number of carbonyl (C=O) groups is 1. The van der Waals surface area contributed by atoms with Crippen LogP contribution in [0.1, 0.15) is 77.8 Å². The van der Waals surface area contributed by atoms with Gasteiger partial charge in [-0.1, -0.05) is 28.9 Å². The van der Waals surface area contributed by atoms with Crippen molar-refractivity contribution in [2.75, 3.05) is 14.2 Å². The van der Waals surface area contributed by atoms with Gasteiger partial charge in [0.1, 0.15) is 11.5 Å². The highest BCUT2D eigenvalue weighted by Gasteiger charge is 2.23. The summed E-state index contributed by atoms with van der Waals surface area (Å²) in [7, 11) is 3.32. The maximum atomic E-state index is 12.5. The smallest absolute Gasteiger partial charge is 0.159 e. The van der Waals surface area contributed by atoms with Crippen LogP contribution in [-0.2, 0) is 11.2 Å². The average Bonchev–Trinajstić information content (AvgIpc) is 2.74. The van der Waals surface area contributed by atoms with Crippen LogP contribution >= 0.6 is 0 Å². The number of aliphatic hydroxyl groups excluding tert-OH is 1. The van der Waals surface area contributed by atoms with Gasteiger partial charge < -0.3 is 19.7 Å². The van der Waals surface area contributed by atoms with E-state index in [2.05, 4.69) is 12.2 Å². The third-order valence-electron chi connectivity index (χ3n) is 5.95. The van der Waals surface area contributed by atoms with E-state index in [-0.39, 0.29) is 5.78 Å². The topological polar surface area (TPSA) is 76.0 Å². The molecule has 0 amide bonds. The Morgan fingerprint density at radius 2 is 1.71 bits per heavy atom. The summed E-state index contributed by atoms with van der Waals surface area (Å²) in [5.41, 5.74) is 4.25. The van der Waals surface area contributed by atoms with Crippen molar-refractivity contribution in [3.8, 4) is 11.5 Å². The van der Waals surface area contributed by atoms with Crippen molar-refractivity contribution in [1.29, 1.82) is 0 Å². The zero-order valence-electron chi connectivity index (χ0n) is 22.3. The summed E-state index contributed by atoms with van der Waals surface area (Å²) in [4.78, 5) is 12.5. The first kappa shape index (κ1) is 29.7. The van der Waals surface area contributed by atoms with Crippen molar-refractivity contribution in [1.82, 2.24) is 0 Å².